The summed E-state index contributed by atoms with van der Waals surface area (Å²) in [5, 5.41) is 0. The minimum Gasteiger partial charge on any atom is -0.485 e. The van der Waals surface area contributed by atoms with Crippen LogP contribution in [0.5, 0.6) is 5.75 Å². The third-order valence-electron chi connectivity index (χ3n) is 3.58. The van der Waals surface area contributed by atoms with Crippen LogP contribution in [0.3, 0.4) is 0 Å². The Morgan fingerprint density at radius 2 is 1.80 bits per heavy atom. The first-order valence-electron chi connectivity index (χ1n) is 7.63. The lowest BCUT2D eigenvalue weighted by molar-refractivity contribution is -0.118. The molecule has 2 N–H and O–H groups in total. The molecular formula is C19H16FN3O2. The summed E-state index contributed by atoms with van der Waals surface area (Å²) in [5.41, 5.74) is 7.74. The van der Waals surface area contributed by atoms with Crippen LogP contribution in [-0.2, 0) is 4.79 Å². The van der Waals surface area contributed by atoms with E-state index >= 15 is 0 Å². The number of hydrogen-bond donors (Lipinski definition) is 1. The summed E-state index contributed by atoms with van der Waals surface area (Å²) in [7, 11) is 0. The molecule has 5 nitrogen and oxygen atoms in total. The number of hydrogen-bond acceptors (Lipinski definition) is 5. The number of nitrogens with two attached hydrogens (primary N) is 1. The number of para-hydroxylation sites is 1. The number of rotatable bonds is 5. The van der Waals surface area contributed by atoms with Gasteiger partial charge in [-0.05, 0) is 24.6 Å². The summed E-state index contributed by atoms with van der Waals surface area (Å²) >= 11 is 0. The molecule has 6 heteroatoms. The van der Waals surface area contributed by atoms with E-state index in [1.54, 1.807) is 24.3 Å². The van der Waals surface area contributed by atoms with Gasteiger partial charge in [0.1, 0.15) is 18.2 Å². The van der Waals surface area contributed by atoms with Gasteiger partial charge in [0, 0.05) is 29.1 Å². The third kappa shape index (κ3) is 3.80. The van der Waals surface area contributed by atoms with Crippen molar-refractivity contribution in [2.45, 2.75) is 6.92 Å². The zero-order chi connectivity index (χ0) is 17.8. The molecule has 0 saturated heterocycles. The average Bonchev–Trinajstić information content (AvgIpc) is 2.61. The third-order valence-corrected chi connectivity index (χ3v) is 3.58. The monoisotopic (exact) mass is 337 g/mol. The van der Waals surface area contributed by atoms with Gasteiger partial charge in [-0.3, -0.25) is 4.79 Å². The fraction of sp³-hybridized carbons (Fsp3) is 0.105. The second-order valence-electron chi connectivity index (χ2n) is 5.51. The fourth-order valence-electron chi connectivity index (χ4n) is 2.40. The van der Waals surface area contributed by atoms with E-state index in [9.17, 15) is 9.18 Å². The van der Waals surface area contributed by atoms with Crippen molar-refractivity contribution in [1.82, 2.24) is 9.97 Å². The van der Waals surface area contributed by atoms with E-state index in [1.165, 1.54) is 25.4 Å². The van der Waals surface area contributed by atoms with Gasteiger partial charge in [-0.1, -0.05) is 30.3 Å². The molecule has 2 aromatic carbocycles. The van der Waals surface area contributed by atoms with Gasteiger partial charge in [-0.25, -0.2) is 14.4 Å². The lowest BCUT2D eigenvalue weighted by atomic mass is 10.0. The molecule has 1 heterocycles. The van der Waals surface area contributed by atoms with E-state index in [4.69, 9.17) is 10.5 Å². The van der Waals surface area contributed by atoms with Gasteiger partial charge in [-0.15, -0.1) is 0 Å². The number of benzene rings is 2. The molecule has 0 unspecified atom stereocenters. The summed E-state index contributed by atoms with van der Waals surface area (Å²) < 4.78 is 20.1. The quantitative estimate of drug-likeness (QED) is 0.771. The van der Waals surface area contributed by atoms with Crippen LogP contribution in [0.15, 0.2) is 54.9 Å². The Bertz CT molecular complexity index is 911. The Kier molecular flexibility index (Phi) is 4.70. The predicted octanol–water partition coefficient (Wildman–Crippen LogP) is 3.50. The highest BCUT2D eigenvalue weighted by Gasteiger charge is 2.11. The standard InChI is InChI=1S/C19H16FN3O2/c1-12(24)11-25-18-5-3-2-4-16(18)13-6-7-15(17(20)8-13)14-9-22-19(21)23-10-14/h2-10H,11H2,1H3,(H2,21,22,23). The highest BCUT2D eigenvalue weighted by Crippen LogP contribution is 2.33. The van der Waals surface area contributed by atoms with Crippen molar-refractivity contribution in [2.75, 3.05) is 12.3 Å². The smallest absolute Gasteiger partial charge is 0.219 e. The molecule has 3 rings (SSSR count). The van der Waals surface area contributed by atoms with Crippen LogP contribution in [0.2, 0.25) is 0 Å². The van der Waals surface area contributed by atoms with Crippen molar-refractivity contribution in [3.8, 4) is 28.0 Å². The van der Waals surface area contributed by atoms with Crippen LogP contribution in [0.25, 0.3) is 22.3 Å². The number of aromatic nitrogens is 2. The van der Waals surface area contributed by atoms with Crippen molar-refractivity contribution >= 4 is 11.7 Å². The zero-order valence-corrected chi connectivity index (χ0v) is 13.6. The molecule has 0 atom stereocenters. The zero-order valence-electron chi connectivity index (χ0n) is 13.6. The van der Waals surface area contributed by atoms with Gasteiger partial charge in [0.15, 0.2) is 5.78 Å². The van der Waals surface area contributed by atoms with Gasteiger partial charge in [-0.2, -0.15) is 0 Å². The Labute approximate surface area is 144 Å². The van der Waals surface area contributed by atoms with Crippen molar-refractivity contribution in [2.24, 2.45) is 0 Å². The van der Waals surface area contributed by atoms with Crippen molar-refractivity contribution in [3.05, 3.63) is 60.7 Å². The first kappa shape index (κ1) is 16.6. The SMILES string of the molecule is CC(=O)COc1ccccc1-c1ccc(-c2cnc(N)nc2)c(F)c1. The Morgan fingerprint density at radius 3 is 2.48 bits per heavy atom. The van der Waals surface area contributed by atoms with E-state index < -0.39 is 5.82 Å². The topological polar surface area (TPSA) is 78.1 Å². The highest BCUT2D eigenvalue weighted by molar-refractivity contribution is 5.78. The molecule has 0 aliphatic carbocycles. The van der Waals surface area contributed by atoms with Gasteiger partial charge in [0.2, 0.25) is 5.95 Å². The minimum absolute atomic E-state index is 0.0274. The minimum atomic E-state index is -0.410. The number of halogens is 1. The van der Waals surface area contributed by atoms with Crippen LogP contribution in [0.4, 0.5) is 10.3 Å². The van der Waals surface area contributed by atoms with Crippen molar-refractivity contribution in [1.29, 1.82) is 0 Å². The molecule has 0 fully saturated rings. The second-order valence-corrected chi connectivity index (χ2v) is 5.51. The van der Waals surface area contributed by atoms with Crippen LogP contribution < -0.4 is 10.5 Å². The number of anilines is 1. The Balaban J connectivity index is 1.96. The number of Topliss-reactive ketones (excluding diaryl/α,β-unsaturated/α-hetero) is 1. The largest absolute Gasteiger partial charge is 0.485 e. The van der Waals surface area contributed by atoms with Crippen LogP contribution in [0, 0.1) is 5.82 Å². The van der Waals surface area contributed by atoms with Gasteiger partial charge in [0.05, 0.1) is 0 Å². The number of nitrogens with zero attached hydrogens (tertiary/aromatic N) is 2. The lowest BCUT2D eigenvalue weighted by Gasteiger charge is -2.12. The molecule has 126 valence electrons. The predicted molar refractivity (Wildman–Crippen MR) is 93.5 cm³/mol. The van der Waals surface area contributed by atoms with E-state index in [0.29, 0.717) is 28.0 Å². The molecule has 0 aliphatic rings. The molecule has 0 amide bonds. The Morgan fingerprint density at radius 1 is 1.08 bits per heavy atom. The van der Waals surface area contributed by atoms with E-state index in [2.05, 4.69) is 9.97 Å². The van der Waals surface area contributed by atoms with E-state index in [1.807, 2.05) is 12.1 Å². The molecule has 0 saturated carbocycles. The molecule has 3 aromatic rings. The van der Waals surface area contributed by atoms with Crippen molar-refractivity contribution < 1.29 is 13.9 Å². The van der Waals surface area contributed by atoms with Crippen LogP contribution in [0.1, 0.15) is 6.92 Å². The van der Waals surface area contributed by atoms with Crippen molar-refractivity contribution in [3.63, 3.8) is 0 Å². The molecule has 0 radical (unpaired) electrons. The van der Waals surface area contributed by atoms with Gasteiger partial charge < -0.3 is 10.5 Å². The summed E-state index contributed by atoms with van der Waals surface area (Å²) in [6.45, 7) is 1.42. The van der Waals surface area contributed by atoms with Gasteiger partial charge >= 0.3 is 0 Å². The molecule has 1 aromatic heterocycles. The molecular weight excluding hydrogens is 321 g/mol. The number of carbonyl (C=O) groups excluding carboxylic acids is 1. The fourth-order valence-corrected chi connectivity index (χ4v) is 2.40. The van der Waals surface area contributed by atoms with Crippen LogP contribution >= 0.6 is 0 Å². The lowest BCUT2D eigenvalue weighted by Crippen LogP contribution is -2.07. The number of carbonyl (C=O) groups is 1. The summed E-state index contributed by atoms with van der Waals surface area (Å²) in [5.74, 6) is 0.171. The second kappa shape index (κ2) is 7.09. The maximum absolute atomic E-state index is 14.6. The maximum Gasteiger partial charge on any atom is 0.219 e. The molecule has 25 heavy (non-hydrogen) atoms. The summed E-state index contributed by atoms with van der Waals surface area (Å²) in [6.07, 6.45) is 2.95. The van der Waals surface area contributed by atoms with E-state index in [-0.39, 0.29) is 18.3 Å². The number of nitrogen functional groups attached to an aromatic ring is 1. The summed E-state index contributed by atoms with van der Waals surface area (Å²) in [4.78, 5) is 18.9. The summed E-state index contributed by atoms with van der Waals surface area (Å²) in [6, 6.07) is 12.0. The van der Waals surface area contributed by atoms with E-state index in [0.717, 1.165) is 0 Å². The van der Waals surface area contributed by atoms with Gasteiger partial charge in [0.25, 0.3) is 0 Å². The molecule has 0 aliphatic heterocycles. The molecule has 0 bridgehead atoms. The van der Waals surface area contributed by atoms with Crippen LogP contribution in [-0.4, -0.2) is 22.4 Å². The first-order valence-corrected chi connectivity index (χ1v) is 7.63. The number of ketones is 1. The maximum atomic E-state index is 14.6. The average molecular weight is 337 g/mol. The first-order chi connectivity index (χ1) is 12.0. The molecule has 0 spiro atoms. The highest BCUT2D eigenvalue weighted by atomic mass is 19.1. The normalized spacial score (nSPS) is 10.5. The Hall–Kier alpha value is -3.28. The number of ether oxygens (including phenoxy) is 1.